The summed E-state index contributed by atoms with van der Waals surface area (Å²) in [6.07, 6.45) is 1.21. The lowest BCUT2D eigenvalue weighted by atomic mass is 10.1. The summed E-state index contributed by atoms with van der Waals surface area (Å²) in [5, 5.41) is 2.90. The highest BCUT2D eigenvalue weighted by atomic mass is 16.5. The SMILES string of the molecule is CCCOc1ccc(NC(=O)[C@H]2CC(=O)N(Cc3ccccc3)C2)cc1. The van der Waals surface area contributed by atoms with E-state index in [-0.39, 0.29) is 24.2 Å². The Morgan fingerprint density at radius 1 is 1.15 bits per heavy atom. The molecule has 1 aliphatic heterocycles. The van der Waals surface area contributed by atoms with Crippen molar-refractivity contribution in [2.45, 2.75) is 26.3 Å². The molecule has 2 amide bonds. The number of carbonyl (C=O) groups excluding carboxylic acids is 2. The molecule has 136 valence electrons. The van der Waals surface area contributed by atoms with Crippen LogP contribution in [0.4, 0.5) is 5.69 Å². The second-order valence-electron chi connectivity index (χ2n) is 6.52. The molecule has 5 nitrogen and oxygen atoms in total. The lowest BCUT2D eigenvalue weighted by Gasteiger charge is -2.16. The predicted octanol–water partition coefficient (Wildman–Crippen LogP) is 3.46. The summed E-state index contributed by atoms with van der Waals surface area (Å²) < 4.78 is 5.54. The molecular formula is C21H24N2O3. The third-order valence-corrected chi connectivity index (χ3v) is 4.40. The van der Waals surface area contributed by atoms with Gasteiger partial charge in [0, 0.05) is 25.2 Å². The van der Waals surface area contributed by atoms with Crippen molar-refractivity contribution in [3.05, 3.63) is 60.2 Å². The molecule has 0 aliphatic carbocycles. The fraction of sp³-hybridized carbons (Fsp3) is 0.333. The van der Waals surface area contributed by atoms with Gasteiger partial charge in [-0.2, -0.15) is 0 Å². The minimum Gasteiger partial charge on any atom is -0.494 e. The van der Waals surface area contributed by atoms with Gasteiger partial charge in [-0.15, -0.1) is 0 Å². The molecule has 0 bridgehead atoms. The summed E-state index contributed by atoms with van der Waals surface area (Å²) in [5.74, 6) is 0.380. The first-order chi connectivity index (χ1) is 12.7. The van der Waals surface area contributed by atoms with Crippen LogP contribution in [0.15, 0.2) is 54.6 Å². The number of nitrogens with zero attached hydrogens (tertiary/aromatic N) is 1. The summed E-state index contributed by atoms with van der Waals surface area (Å²) >= 11 is 0. The zero-order chi connectivity index (χ0) is 18.4. The monoisotopic (exact) mass is 352 g/mol. The van der Waals surface area contributed by atoms with Crippen molar-refractivity contribution >= 4 is 17.5 Å². The third-order valence-electron chi connectivity index (χ3n) is 4.40. The minimum atomic E-state index is -0.317. The van der Waals surface area contributed by atoms with Crippen molar-refractivity contribution in [1.82, 2.24) is 4.90 Å². The molecule has 2 aromatic carbocycles. The Hall–Kier alpha value is -2.82. The quantitative estimate of drug-likeness (QED) is 0.830. The molecule has 1 atom stereocenters. The van der Waals surface area contributed by atoms with Crippen LogP contribution in [0.5, 0.6) is 5.75 Å². The number of carbonyl (C=O) groups is 2. The van der Waals surface area contributed by atoms with E-state index in [4.69, 9.17) is 4.74 Å². The Bertz CT molecular complexity index is 744. The number of hydrogen-bond acceptors (Lipinski definition) is 3. The number of anilines is 1. The fourth-order valence-electron chi connectivity index (χ4n) is 3.00. The Labute approximate surface area is 154 Å². The maximum absolute atomic E-state index is 12.5. The van der Waals surface area contributed by atoms with Gasteiger partial charge < -0.3 is 15.0 Å². The Morgan fingerprint density at radius 2 is 1.88 bits per heavy atom. The van der Waals surface area contributed by atoms with E-state index < -0.39 is 0 Å². The topological polar surface area (TPSA) is 58.6 Å². The van der Waals surface area contributed by atoms with Crippen molar-refractivity contribution in [2.24, 2.45) is 5.92 Å². The summed E-state index contributed by atoms with van der Waals surface area (Å²) in [6, 6.07) is 17.2. The first kappa shape index (κ1) is 18.0. The van der Waals surface area contributed by atoms with Gasteiger partial charge in [0.25, 0.3) is 0 Å². The van der Waals surface area contributed by atoms with Crippen LogP contribution in [-0.2, 0) is 16.1 Å². The van der Waals surface area contributed by atoms with Gasteiger partial charge in [0.2, 0.25) is 11.8 Å². The largest absolute Gasteiger partial charge is 0.494 e. The summed E-state index contributed by atoms with van der Waals surface area (Å²) in [4.78, 5) is 26.5. The van der Waals surface area contributed by atoms with Crippen LogP contribution in [0.2, 0.25) is 0 Å². The second kappa shape index (κ2) is 8.52. The van der Waals surface area contributed by atoms with Crippen LogP contribution in [0.25, 0.3) is 0 Å². The number of rotatable bonds is 7. The molecule has 0 radical (unpaired) electrons. The maximum atomic E-state index is 12.5. The molecule has 3 rings (SSSR count). The molecule has 1 fully saturated rings. The minimum absolute atomic E-state index is 0.0253. The van der Waals surface area contributed by atoms with E-state index in [2.05, 4.69) is 12.2 Å². The number of likely N-dealkylation sites (tertiary alicyclic amines) is 1. The highest BCUT2D eigenvalue weighted by Crippen LogP contribution is 2.23. The lowest BCUT2D eigenvalue weighted by Crippen LogP contribution is -2.28. The summed E-state index contributed by atoms with van der Waals surface area (Å²) in [7, 11) is 0. The Kier molecular flexibility index (Phi) is 5.89. The van der Waals surface area contributed by atoms with Gasteiger partial charge in [0.1, 0.15) is 5.75 Å². The van der Waals surface area contributed by atoms with Gasteiger partial charge >= 0.3 is 0 Å². The molecule has 1 saturated heterocycles. The van der Waals surface area contributed by atoms with Crippen molar-refractivity contribution in [3.63, 3.8) is 0 Å². The van der Waals surface area contributed by atoms with Gasteiger partial charge in [-0.1, -0.05) is 37.3 Å². The first-order valence-electron chi connectivity index (χ1n) is 9.01. The average Bonchev–Trinajstić information content (AvgIpc) is 3.03. The molecule has 1 N–H and O–H groups in total. The molecule has 1 aliphatic rings. The number of nitrogens with one attached hydrogen (secondary N) is 1. The maximum Gasteiger partial charge on any atom is 0.229 e. The van der Waals surface area contributed by atoms with Crippen molar-refractivity contribution < 1.29 is 14.3 Å². The molecule has 0 saturated carbocycles. The van der Waals surface area contributed by atoms with E-state index in [9.17, 15) is 9.59 Å². The van der Waals surface area contributed by atoms with E-state index in [1.165, 1.54) is 0 Å². The van der Waals surface area contributed by atoms with E-state index in [0.717, 1.165) is 17.7 Å². The van der Waals surface area contributed by atoms with Crippen LogP contribution in [0, 0.1) is 5.92 Å². The van der Waals surface area contributed by atoms with E-state index in [1.54, 1.807) is 4.90 Å². The zero-order valence-electron chi connectivity index (χ0n) is 15.0. The van der Waals surface area contributed by atoms with Crippen LogP contribution >= 0.6 is 0 Å². The molecule has 1 heterocycles. The summed E-state index contributed by atoms with van der Waals surface area (Å²) in [6.45, 7) is 3.73. The number of benzene rings is 2. The van der Waals surface area contributed by atoms with Gasteiger partial charge in [-0.05, 0) is 36.2 Å². The molecular weight excluding hydrogens is 328 g/mol. The van der Waals surface area contributed by atoms with E-state index >= 15 is 0 Å². The Balaban J connectivity index is 1.54. The van der Waals surface area contributed by atoms with Crippen LogP contribution in [0.1, 0.15) is 25.3 Å². The standard InChI is InChI=1S/C21H24N2O3/c1-2-12-26-19-10-8-18(9-11-19)22-21(25)17-13-20(24)23(15-17)14-16-6-4-3-5-7-16/h3-11,17H,2,12-15H2,1H3,(H,22,25)/t17-/m0/s1. The lowest BCUT2D eigenvalue weighted by molar-refractivity contribution is -0.128. The van der Waals surface area contributed by atoms with Gasteiger partial charge in [-0.25, -0.2) is 0 Å². The van der Waals surface area contributed by atoms with Crippen molar-refractivity contribution in [3.8, 4) is 5.75 Å². The number of hydrogen-bond donors (Lipinski definition) is 1. The van der Waals surface area contributed by atoms with Crippen molar-refractivity contribution in [1.29, 1.82) is 0 Å². The summed E-state index contributed by atoms with van der Waals surface area (Å²) in [5.41, 5.74) is 1.79. The highest BCUT2D eigenvalue weighted by molar-refractivity contribution is 5.97. The van der Waals surface area contributed by atoms with Crippen molar-refractivity contribution in [2.75, 3.05) is 18.5 Å². The first-order valence-corrected chi connectivity index (χ1v) is 9.01. The molecule has 5 heteroatoms. The normalized spacial score (nSPS) is 16.6. The molecule has 26 heavy (non-hydrogen) atoms. The molecule has 2 aromatic rings. The fourth-order valence-corrected chi connectivity index (χ4v) is 3.00. The van der Waals surface area contributed by atoms with E-state index in [0.29, 0.717) is 25.4 Å². The average molecular weight is 352 g/mol. The second-order valence-corrected chi connectivity index (χ2v) is 6.52. The Morgan fingerprint density at radius 3 is 2.58 bits per heavy atom. The highest BCUT2D eigenvalue weighted by Gasteiger charge is 2.34. The molecule has 0 aromatic heterocycles. The van der Waals surface area contributed by atoms with Gasteiger partial charge in [0.15, 0.2) is 0 Å². The molecule has 0 unspecified atom stereocenters. The van der Waals surface area contributed by atoms with Crippen LogP contribution in [0.3, 0.4) is 0 Å². The number of amides is 2. The van der Waals surface area contributed by atoms with E-state index in [1.807, 2.05) is 54.6 Å². The zero-order valence-corrected chi connectivity index (χ0v) is 15.0. The smallest absolute Gasteiger partial charge is 0.229 e. The van der Waals surface area contributed by atoms with Gasteiger partial charge in [-0.3, -0.25) is 9.59 Å². The van der Waals surface area contributed by atoms with Crippen LogP contribution in [-0.4, -0.2) is 29.9 Å². The molecule has 0 spiro atoms. The van der Waals surface area contributed by atoms with Crippen LogP contribution < -0.4 is 10.1 Å². The number of ether oxygens (including phenoxy) is 1. The third kappa shape index (κ3) is 4.63. The predicted molar refractivity (Wildman–Crippen MR) is 101 cm³/mol. The van der Waals surface area contributed by atoms with Gasteiger partial charge in [0.05, 0.1) is 12.5 Å².